The van der Waals surface area contributed by atoms with Gasteiger partial charge in [-0.25, -0.2) is 0 Å². The maximum atomic E-state index is 5.18. The van der Waals surface area contributed by atoms with Gasteiger partial charge in [0.1, 0.15) is 5.76 Å². The van der Waals surface area contributed by atoms with Gasteiger partial charge >= 0.3 is 0 Å². The number of hydrogen-bond donors (Lipinski definition) is 0. The Bertz CT molecular complexity index is 291. The van der Waals surface area contributed by atoms with Gasteiger partial charge in [0.05, 0.1) is 6.26 Å². The number of furan rings is 1. The molecule has 1 heteroatoms. The van der Waals surface area contributed by atoms with Crippen LogP contribution in [0.15, 0.2) is 29.4 Å². The average Bonchev–Trinajstić information content (AvgIpc) is 2.36. The van der Waals surface area contributed by atoms with E-state index in [2.05, 4.69) is 12.7 Å². The van der Waals surface area contributed by atoms with Gasteiger partial charge < -0.3 is 4.42 Å². The van der Waals surface area contributed by atoms with Gasteiger partial charge in [0, 0.05) is 5.56 Å². The predicted molar refractivity (Wildman–Crippen MR) is 41.4 cm³/mol. The minimum absolute atomic E-state index is 0.941. The summed E-state index contributed by atoms with van der Waals surface area (Å²) in [6.45, 7) is 3.92. The second-order valence-electron chi connectivity index (χ2n) is 2.41. The van der Waals surface area contributed by atoms with Crippen molar-refractivity contribution in [3.63, 3.8) is 0 Å². The Balaban J connectivity index is 2.62. The van der Waals surface area contributed by atoms with Crippen LogP contribution >= 0.6 is 0 Å². The fourth-order valence-electron chi connectivity index (χ4n) is 1.16. The Morgan fingerprint density at radius 2 is 2.40 bits per heavy atom. The molecule has 1 aromatic rings. The molecule has 0 N–H and O–H groups in total. The summed E-state index contributed by atoms with van der Waals surface area (Å²) in [5, 5.41) is 0. The molecular formula is C9H8O. The maximum absolute atomic E-state index is 5.18. The summed E-state index contributed by atoms with van der Waals surface area (Å²) >= 11 is 0. The first-order valence-corrected chi connectivity index (χ1v) is 3.30. The zero-order valence-electron chi connectivity index (χ0n) is 5.63. The van der Waals surface area contributed by atoms with Gasteiger partial charge in [-0.3, -0.25) is 0 Å². The lowest BCUT2D eigenvalue weighted by atomic mass is 10.0. The van der Waals surface area contributed by atoms with E-state index in [1.165, 1.54) is 0 Å². The Morgan fingerprint density at radius 1 is 1.50 bits per heavy atom. The molecule has 0 saturated heterocycles. The summed E-state index contributed by atoms with van der Waals surface area (Å²) in [7, 11) is 0. The van der Waals surface area contributed by atoms with Crippen molar-refractivity contribution in [1.29, 1.82) is 0 Å². The SMILES string of the molecule is C=C1CC=Cc2occc21. The van der Waals surface area contributed by atoms with Gasteiger partial charge in [0.2, 0.25) is 0 Å². The van der Waals surface area contributed by atoms with E-state index in [0.29, 0.717) is 0 Å². The molecule has 0 atom stereocenters. The molecular weight excluding hydrogens is 124 g/mol. The average molecular weight is 132 g/mol. The van der Waals surface area contributed by atoms with Crippen LogP contribution < -0.4 is 0 Å². The summed E-state index contributed by atoms with van der Waals surface area (Å²) < 4.78 is 5.18. The van der Waals surface area contributed by atoms with E-state index in [4.69, 9.17) is 4.42 Å². The highest BCUT2D eigenvalue weighted by molar-refractivity contribution is 5.75. The number of fused-ring (bicyclic) bond motifs is 1. The molecule has 0 radical (unpaired) electrons. The number of allylic oxidation sites excluding steroid dienone is 2. The molecule has 0 amide bonds. The van der Waals surface area contributed by atoms with E-state index in [0.717, 1.165) is 23.3 Å². The third-order valence-corrected chi connectivity index (χ3v) is 1.71. The van der Waals surface area contributed by atoms with Crippen LogP contribution in [-0.2, 0) is 0 Å². The van der Waals surface area contributed by atoms with Gasteiger partial charge in [-0.2, -0.15) is 0 Å². The normalized spacial score (nSPS) is 15.4. The van der Waals surface area contributed by atoms with Crippen molar-refractivity contribution in [1.82, 2.24) is 0 Å². The van der Waals surface area contributed by atoms with Gasteiger partial charge in [0.25, 0.3) is 0 Å². The minimum Gasteiger partial charge on any atom is -0.464 e. The molecule has 0 saturated carbocycles. The molecule has 0 aliphatic heterocycles. The van der Waals surface area contributed by atoms with Gasteiger partial charge in [-0.1, -0.05) is 12.7 Å². The highest BCUT2D eigenvalue weighted by atomic mass is 16.3. The van der Waals surface area contributed by atoms with E-state index >= 15 is 0 Å². The lowest BCUT2D eigenvalue weighted by molar-refractivity contribution is 0.555. The zero-order chi connectivity index (χ0) is 6.97. The van der Waals surface area contributed by atoms with Gasteiger partial charge in [-0.15, -0.1) is 0 Å². The number of rotatable bonds is 0. The summed E-state index contributed by atoms with van der Waals surface area (Å²) in [5.41, 5.74) is 2.30. The topological polar surface area (TPSA) is 13.1 Å². The fraction of sp³-hybridized carbons (Fsp3) is 0.111. The summed E-state index contributed by atoms with van der Waals surface area (Å²) in [6, 6.07) is 1.96. The van der Waals surface area contributed by atoms with E-state index < -0.39 is 0 Å². The van der Waals surface area contributed by atoms with Crippen molar-refractivity contribution in [2.45, 2.75) is 6.42 Å². The van der Waals surface area contributed by atoms with Crippen LogP contribution in [0.25, 0.3) is 11.6 Å². The quantitative estimate of drug-likeness (QED) is 0.529. The monoisotopic (exact) mass is 132 g/mol. The van der Waals surface area contributed by atoms with Crippen molar-refractivity contribution in [2.24, 2.45) is 0 Å². The Kier molecular flexibility index (Phi) is 1.04. The van der Waals surface area contributed by atoms with Gasteiger partial charge in [-0.05, 0) is 24.1 Å². The van der Waals surface area contributed by atoms with E-state index in [1.807, 2.05) is 12.1 Å². The first-order valence-electron chi connectivity index (χ1n) is 3.30. The standard InChI is InChI=1S/C9H8O/c1-7-3-2-4-9-8(7)5-6-10-9/h2,4-6H,1,3H2. The molecule has 1 nitrogen and oxygen atoms in total. The molecule has 0 bridgehead atoms. The molecule has 0 spiro atoms. The van der Waals surface area contributed by atoms with Crippen LogP contribution in [0, 0.1) is 0 Å². The first-order chi connectivity index (χ1) is 4.88. The third-order valence-electron chi connectivity index (χ3n) is 1.71. The van der Waals surface area contributed by atoms with Crippen LogP contribution in [0.3, 0.4) is 0 Å². The summed E-state index contributed by atoms with van der Waals surface area (Å²) in [4.78, 5) is 0. The lowest BCUT2D eigenvalue weighted by Gasteiger charge is -2.04. The van der Waals surface area contributed by atoms with E-state index in [1.54, 1.807) is 6.26 Å². The van der Waals surface area contributed by atoms with Crippen LogP contribution in [0.4, 0.5) is 0 Å². The molecule has 2 rings (SSSR count). The predicted octanol–water partition coefficient (Wildman–Crippen LogP) is 2.71. The van der Waals surface area contributed by atoms with E-state index in [9.17, 15) is 0 Å². The first kappa shape index (κ1) is 5.54. The summed E-state index contributed by atoms with van der Waals surface area (Å²) in [6.07, 6.45) is 6.70. The third kappa shape index (κ3) is 0.637. The van der Waals surface area contributed by atoms with E-state index in [-0.39, 0.29) is 0 Å². The summed E-state index contributed by atoms with van der Waals surface area (Å²) in [5.74, 6) is 0.941. The van der Waals surface area contributed by atoms with Crippen LogP contribution in [0.2, 0.25) is 0 Å². The van der Waals surface area contributed by atoms with Crippen molar-refractivity contribution < 1.29 is 4.42 Å². The molecule has 0 unspecified atom stereocenters. The number of hydrogen-bond acceptors (Lipinski definition) is 1. The Labute approximate surface area is 59.7 Å². The smallest absolute Gasteiger partial charge is 0.133 e. The Morgan fingerprint density at radius 3 is 3.20 bits per heavy atom. The minimum atomic E-state index is 0.941. The van der Waals surface area contributed by atoms with Crippen molar-refractivity contribution >= 4 is 11.6 Å². The lowest BCUT2D eigenvalue weighted by Crippen LogP contribution is -1.85. The van der Waals surface area contributed by atoms with Crippen molar-refractivity contribution in [3.8, 4) is 0 Å². The van der Waals surface area contributed by atoms with Crippen LogP contribution in [0.5, 0.6) is 0 Å². The second kappa shape index (κ2) is 1.87. The molecule has 10 heavy (non-hydrogen) atoms. The zero-order valence-corrected chi connectivity index (χ0v) is 5.63. The van der Waals surface area contributed by atoms with Crippen molar-refractivity contribution in [3.05, 3.63) is 36.3 Å². The highest BCUT2D eigenvalue weighted by Crippen LogP contribution is 2.27. The molecule has 0 aromatic carbocycles. The molecule has 1 aliphatic rings. The van der Waals surface area contributed by atoms with Crippen LogP contribution in [-0.4, -0.2) is 0 Å². The second-order valence-corrected chi connectivity index (χ2v) is 2.41. The fourth-order valence-corrected chi connectivity index (χ4v) is 1.16. The molecule has 50 valence electrons. The molecule has 1 aliphatic carbocycles. The van der Waals surface area contributed by atoms with Crippen LogP contribution in [0.1, 0.15) is 17.7 Å². The molecule has 1 aromatic heterocycles. The van der Waals surface area contributed by atoms with Crippen molar-refractivity contribution in [2.75, 3.05) is 0 Å². The Hall–Kier alpha value is -1.24. The van der Waals surface area contributed by atoms with Gasteiger partial charge in [0.15, 0.2) is 0 Å². The largest absolute Gasteiger partial charge is 0.464 e. The molecule has 0 fully saturated rings. The maximum Gasteiger partial charge on any atom is 0.133 e. The molecule has 1 heterocycles. The highest BCUT2D eigenvalue weighted by Gasteiger charge is 2.09.